The minimum absolute atomic E-state index is 0.0110. The van der Waals surface area contributed by atoms with Crippen LogP contribution in [0.5, 0.6) is 6.01 Å². The van der Waals surface area contributed by atoms with Crippen LogP contribution in [0, 0.1) is 5.41 Å². The number of para-hydroxylation sites is 1. The van der Waals surface area contributed by atoms with Crippen molar-refractivity contribution in [3.05, 3.63) is 367 Å². The second kappa shape index (κ2) is 30.4. The van der Waals surface area contributed by atoms with E-state index >= 15 is 0 Å². The number of amidine groups is 2. The smallest absolute Gasteiger partial charge is 0.346 e. The van der Waals surface area contributed by atoms with Crippen LogP contribution in [0.15, 0.2) is 328 Å². The molecule has 0 atom stereocenters. The van der Waals surface area contributed by atoms with Crippen molar-refractivity contribution in [1.29, 1.82) is 5.41 Å². The average Bonchev–Trinajstić information content (AvgIpc) is 1.91. The quantitative estimate of drug-likeness (QED) is 0.0550. The van der Waals surface area contributed by atoms with Gasteiger partial charge in [-0.15, -0.1) is 11.3 Å². The third kappa shape index (κ3) is 14.6. The molecular formula is C92H59N7O13S. The fraction of sp³-hybridized carbons (Fsp3) is 0.0326. The van der Waals surface area contributed by atoms with Crippen LogP contribution < -0.4 is 32.4 Å². The van der Waals surface area contributed by atoms with Crippen molar-refractivity contribution in [3.63, 3.8) is 0 Å². The Hall–Kier alpha value is -15.4. The average molecular weight is 1500 g/mol. The molecule has 4 aliphatic heterocycles. The highest BCUT2D eigenvalue weighted by atomic mass is 32.1. The van der Waals surface area contributed by atoms with Crippen molar-refractivity contribution >= 4 is 172 Å². The molecule has 4 N–H and O–H groups in total. The van der Waals surface area contributed by atoms with Gasteiger partial charge in [-0.05, 0) is 168 Å². The van der Waals surface area contributed by atoms with Crippen molar-refractivity contribution in [2.24, 2.45) is 10.7 Å². The van der Waals surface area contributed by atoms with Crippen LogP contribution in [0.4, 0.5) is 0 Å². The zero-order chi connectivity index (χ0) is 77.2. The number of furan rings is 2. The Morgan fingerprint density at radius 2 is 0.947 bits per heavy atom. The van der Waals surface area contributed by atoms with Gasteiger partial charge in [0.2, 0.25) is 0 Å². The minimum Gasteiger partial charge on any atom is -0.464 e. The number of ether oxygens (including phenoxy) is 2. The number of hydrogen-bond donors (Lipinski definition) is 3. The number of carbonyl (C=O) groups is 4. The molecule has 2 amide bonds. The fourth-order valence-corrected chi connectivity index (χ4v) is 14.5. The number of thiazole rings is 1. The molecule has 19 aromatic rings. The van der Waals surface area contributed by atoms with Gasteiger partial charge in [0.15, 0.2) is 11.3 Å². The topological polar surface area (TPSA) is 295 Å². The summed E-state index contributed by atoms with van der Waals surface area (Å²) in [7, 11) is 0. The predicted molar refractivity (Wildman–Crippen MR) is 441 cm³/mol. The van der Waals surface area contributed by atoms with E-state index in [2.05, 4.69) is 110 Å². The fourth-order valence-electron chi connectivity index (χ4n) is 13.8. The van der Waals surface area contributed by atoms with E-state index in [9.17, 15) is 33.6 Å². The molecule has 0 radical (unpaired) electrons. The summed E-state index contributed by atoms with van der Waals surface area (Å²) in [6.45, 7) is 1.14. The lowest BCUT2D eigenvalue weighted by Gasteiger charge is -2.02. The molecule has 0 saturated carbocycles. The zero-order valence-electron chi connectivity index (χ0n) is 59.5. The number of esters is 2. The second-order valence-electron chi connectivity index (χ2n) is 26.5. The van der Waals surface area contributed by atoms with Crippen LogP contribution in [0.1, 0.15) is 63.7 Å². The van der Waals surface area contributed by atoms with Crippen LogP contribution >= 0.6 is 11.3 Å². The summed E-state index contributed by atoms with van der Waals surface area (Å²) in [4.78, 5) is 92.1. The molecule has 0 bridgehead atoms. The third-order valence-electron chi connectivity index (χ3n) is 19.4. The van der Waals surface area contributed by atoms with Crippen LogP contribution in [0.3, 0.4) is 0 Å². The molecule has 113 heavy (non-hydrogen) atoms. The SMILES string of the molecule is C1=Cc2cc3ccccc3cc2C1.N=C1N=C(N)c2cc3ccccc3cc21.O=C1NC(=O)c2cc3ccccc3cc21.O=C1OC(=O)c2cc3ccccc3cc21.O=c1c2ccccc2nc2n1CCO2.O=c1ccc2cc3ccoc3cc2o1.O=c1ccoc2cc3occc3cc12.c1ccc2cc3scnc3cc2c1. The summed E-state index contributed by atoms with van der Waals surface area (Å²) in [5.41, 5.74) is 17.8. The van der Waals surface area contributed by atoms with Gasteiger partial charge in [0, 0.05) is 51.6 Å². The molecule has 0 unspecified atom stereocenters. The van der Waals surface area contributed by atoms with E-state index in [1.165, 1.54) is 55.8 Å². The molecule has 1 aliphatic carbocycles. The van der Waals surface area contributed by atoms with Crippen molar-refractivity contribution in [2.45, 2.75) is 13.0 Å². The predicted octanol–water partition coefficient (Wildman–Crippen LogP) is 18.5. The summed E-state index contributed by atoms with van der Waals surface area (Å²) in [5, 5.41) is 25.3. The van der Waals surface area contributed by atoms with E-state index in [4.69, 9.17) is 33.5 Å². The maximum atomic E-state index is 11.9. The molecule has 10 heterocycles. The Morgan fingerprint density at radius 3 is 1.58 bits per heavy atom. The molecular weight excluding hydrogens is 1440 g/mol. The van der Waals surface area contributed by atoms with Gasteiger partial charge in [-0.25, -0.2) is 24.4 Å². The molecule has 24 rings (SSSR count). The number of rotatable bonds is 0. The Morgan fingerprint density at radius 1 is 0.442 bits per heavy atom. The summed E-state index contributed by atoms with van der Waals surface area (Å²) in [6.07, 6.45) is 10.1. The number of imide groups is 1. The lowest BCUT2D eigenvalue weighted by Crippen LogP contribution is -2.19. The maximum absolute atomic E-state index is 11.9. The lowest BCUT2D eigenvalue weighted by molar-refractivity contribution is 0.0443. The first-order valence-electron chi connectivity index (χ1n) is 35.6. The van der Waals surface area contributed by atoms with Gasteiger partial charge in [-0.1, -0.05) is 152 Å². The normalized spacial score (nSPS) is 13.0. The van der Waals surface area contributed by atoms with E-state index in [0.29, 0.717) is 74.7 Å². The first-order valence-corrected chi connectivity index (χ1v) is 36.5. The van der Waals surface area contributed by atoms with Gasteiger partial charge in [0.05, 0.1) is 79.6 Å². The molecule has 0 saturated heterocycles. The third-order valence-corrected chi connectivity index (χ3v) is 20.2. The van der Waals surface area contributed by atoms with E-state index in [1.54, 1.807) is 83.0 Å². The zero-order valence-corrected chi connectivity index (χ0v) is 60.3. The molecule has 0 spiro atoms. The minimum atomic E-state index is -0.555. The monoisotopic (exact) mass is 1500 g/mol. The highest BCUT2D eigenvalue weighted by molar-refractivity contribution is 7.16. The second-order valence-corrected chi connectivity index (χ2v) is 27.4. The number of allylic oxidation sites excluding steroid dienone is 1. The van der Waals surface area contributed by atoms with E-state index in [1.807, 2.05) is 127 Å². The number of cyclic esters (lactones) is 2. The van der Waals surface area contributed by atoms with E-state index in [0.717, 1.165) is 82.7 Å². The number of aromatic nitrogens is 3. The lowest BCUT2D eigenvalue weighted by atomic mass is 10.0. The van der Waals surface area contributed by atoms with Crippen molar-refractivity contribution in [2.75, 3.05) is 6.61 Å². The molecule has 21 heteroatoms. The van der Waals surface area contributed by atoms with Crippen molar-refractivity contribution < 1.29 is 46.3 Å². The number of nitrogens with one attached hydrogen (secondary N) is 2. The first kappa shape index (κ1) is 70.6. The van der Waals surface area contributed by atoms with Gasteiger partial charge >= 0.3 is 17.6 Å². The summed E-state index contributed by atoms with van der Waals surface area (Å²) < 4.78 is 33.2. The number of hydrogen-bond acceptors (Lipinski definition) is 18. The van der Waals surface area contributed by atoms with Gasteiger partial charge in [-0.3, -0.25) is 34.5 Å². The van der Waals surface area contributed by atoms with E-state index in [-0.39, 0.29) is 34.3 Å². The summed E-state index contributed by atoms with van der Waals surface area (Å²) >= 11 is 1.69. The molecule has 6 aromatic heterocycles. The first-order chi connectivity index (χ1) is 55.2. The number of amides is 2. The van der Waals surface area contributed by atoms with Crippen LogP contribution in [-0.2, 0) is 17.7 Å². The van der Waals surface area contributed by atoms with Crippen LogP contribution in [-0.4, -0.2) is 56.6 Å². The number of aliphatic imine (C=N–C) groups is 1. The molecule has 0 fully saturated rings. The number of nitrogens with zero attached hydrogens (tertiary/aromatic N) is 4. The van der Waals surface area contributed by atoms with Crippen molar-refractivity contribution in [3.8, 4) is 6.01 Å². The van der Waals surface area contributed by atoms with Crippen molar-refractivity contribution in [1.82, 2.24) is 19.9 Å². The highest BCUT2D eigenvalue weighted by Crippen LogP contribution is 2.31. The summed E-state index contributed by atoms with van der Waals surface area (Å²) in [6, 6.07) is 83.1. The number of carbonyl (C=O) groups excluding carboxylic acids is 4. The number of fused-ring (bicyclic) bond motifs is 16. The summed E-state index contributed by atoms with van der Waals surface area (Å²) in [5.74, 6) is -1.02. The molecule has 5 aliphatic rings. The standard InChI is InChI=1S/C13H10.C12H9N3.C12H7NO2.C12H6O3.C11H7NS.2C11H6O3.C10H8N2O2/c1-2-5-11-9-13-7-3-6-12(13)8-10(11)4-1;13-11-9-5-7-3-1-2-4-8(7)6-10(9)12(14)15-11;14-11-9-5-7-3-1-2-4-8(7)6-10(9)12(15)13-11;13-11-9-5-7-3-1-2-4-8(7)6-10(9)12(14)15-11;1-2-4-9-6-11-10(12-7-13-11)5-8(9)3-1;12-9-2-4-14-11-6-10-7(1-3-13-10)5-8(9)11;12-11-2-1-7-5-8-3-4-13-9(8)6-10(7)14-11;13-9-7-3-1-2-4-8(7)11-10-12(9)5-6-14-10/h1-6,8-9H,7H2;1-6H,(H3,13,14,15);1-6H,(H,13,14,15);1-6H;1-7H;2*1-6H;1-4H,5-6H2. The number of nitrogens with two attached hydrogens (primary N) is 1. The molecule has 546 valence electrons. The Bertz CT molecular complexity index is 7090. The van der Waals surface area contributed by atoms with Crippen LogP contribution in [0.25, 0.3) is 125 Å². The van der Waals surface area contributed by atoms with Gasteiger partial charge in [0.25, 0.3) is 23.4 Å². The van der Waals surface area contributed by atoms with Gasteiger partial charge in [0.1, 0.15) is 34.8 Å². The van der Waals surface area contributed by atoms with Gasteiger partial charge < -0.3 is 32.9 Å². The maximum Gasteiger partial charge on any atom is 0.346 e. The highest BCUT2D eigenvalue weighted by Gasteiger charge is 2.30. The Labute approximate surface area is 642 Å². The van der Waals surface area contributed by atoms with E-state index < -0.39 is 11.9 Å². The Balaban J connectivity index is 0.0000000935. The largest absolute Gasteiger partial charge is 0.464 e. The molecule has 20 nitrogen and oxygen atoms in total. The van der Waals surface area contributed by atoms with Gasteiger partial charge in [-0.2, -0.15) is 4.98 Å². The number of benzene rings is 13. The van der Waals surface area contributed by atoms with Crippen LogP contribution in [0.2, 0.25) is 0 Å². The molecule has 13 aromatic carbocycles. The Kier molecular flexibility index (Phi) is 19.0.